The van der Waals surface area contributed by atoms with E-state index in [1.54, 1.807) is 17.8 Å². The Morgan fingerprint density at radius 3 is 2.75 bits per heavy atom. The first-order valence-corrected chi connectivity index (χ1v) is 6.69. The minimum absolute atomic E-state index is 0.0818. The first kappa shape index (κ1) is 13.1. The molecule has 1 aromatic rings. The van der Waals surface area contributed by atoms with Crippen molar-refractivity contribution in [2.45, 2.75) is 32.8 Å². The third kappa shape index (κ3) is 3.56. The Labute approximate surface area is 100 Å². The highest BCUT2D eigenvalue weighted by atomic mass is 32.2. The highest BCUT2D eigenvalue weighted by molar-refractivity contribution is 7.98. The minimum Gasteiger partial charge on any atom is -0.457 e. The van der Waals surface area contributed by atoms with Crippen LogP contribution in [0.1, 0.15) is 42.9 Å². The molecule has 0 spiro atoms. The van der Waals surface area contributed by atoms with Crippen molar-refractivity contribution in [2.24, 2.45) is 0 Å². The molecule has 1 atom stereocenters. The lowest BCUT2D eigenvalue weighted by atomic mass is 10.1. The summed E-state index contributed by atoms with van der Waals surface area (Å²) >= 11 is 1.65. The summed E-state index contributed by atoms with van der Waals surface area (Å²) in [6, 6.07) is 1.75. The van der Waals surface area contributed by atoms with Gasteiger partial charge in [-0.2, -0.15) is 16.9 Å². The smallest absolute Gasteiger partial charge is 0.359 e. The molecule has 0 amide bonds. The molecule has 16 heavy (non-hydrogen) atoms. The third-order valence-corrected chi connectivity index (χ3v) is 2.94. The van der Waals surface area contributed by atoms with Crippen LogP contribution < -0.4 is 0 Å². The Balaban J connectivity index is 2.59. The van der Waals surface area contributed by atoms with Crippen LogP contribution in [0.15, 0.2) is 6.07 Å². The molecule has 0 aromatic carbocycles. The number of aromatic nitrogens is 2. The van der Waals surface area contributed by atoms with Crippen molar-refractivity contribution in [3.63, 3.8) is 0 Å². The molecule has 5 heteroatoms. The fourth-order valence-electron chi connectivity index (χ4n) is 1.25. The SMILES string of the molecule is CSCC(C)OC(=O)c1cc(C(C)C)[nH]n1. The van der Waals surface area contributed by atoms with Crippen molar-refractivity contribution in [1.82, 2.24) is 10.2 Å². The lowest BCUT2D eigenvalue weighted by molar-refractivity contribution is 0.0379. The number of nitrogens with one attached hydrogen (secondary N) is 1. The first-order valence-electron chi connectivity index (χ1n) is 5.29. The van der Waals surface area contributed by atoms with Gasteiger partial charge in [-0.05, 0) is 25.2 Å². The summed E-state index contributed by atoms with van der Waals surface area (Å²) in [6.07, 6.45) is 1.90. The maximum atomic E-state index is 11.7. The second-order valence-electron chi connectivity index (χ2n) is 4.03. The molecule has 0 fully saturated rings. The summed E-state index contributed by atoms with van der Waals surface area (Å²) in [4.78, 5) is 11.7. The van der Waals surface area contributed by atoms with Crippen LogP contribution in [0.25, 0.3) is 0 Å². The largest absolute Gasteiger partial charge is 0.457 e. The predicted octanol–water partition coefficient (Wildman–Crippen LogP) is 2.44. The van der Waals surface area contributed by atoms with Gasteiger partial charge in [-0.25, -0.2) is 4.79 Å². The van der Waals surface area contributed by atoms with E-state index in [0.717, 1.165) is 11.4 Å². The second-order valence-corrected chi connectivity index (χ2v) is 4.95. The van der Waals surface area contributed by atoms with E-state index >= 15 is 0 Å². The van der Waals surface area contributed by atoms with Gasteiger partial charge in [-0.15, -0.1) is 0 Å². The molecule has 0 aliphatic rings. The van der Waals surface area contributed by atoms with Crippen molar-refractivity contribution in [1.29, 1.82) is 0 Å². The summed E-state index contributed by atoms with van der Waals surface area (Å²) < 4.78 is 5.23. The zero-order valence-corrected chi connectivity index (χ0v) is 10.9. The molecular formula is C11H18N2O2S. The fraction of sp³-hybridized carbons (Fsp3) is 0.636. The van der Waals surface area contributed by atoms with Crippen LogP contribution in [0.3, 0.4) is 0 Å². The lowest BCUT2D eigenvalue weighted by Crippen LogP contribution is -2.17. The van der Waals surface area contributed by atoms with E-state index in [0.29, 0.717) is 11.6 Å². The van der Waals surface area contributed by atoms with Crippen molar-refractivity contribution < 1.29 is 9.53 Å². The molecule has 0 radical (unpaired) electrons. The molecule has 90 valence electrons. The molecule has 1 aromatic heterocycles. The van der Waals surface area contributed by atoms with E-state index in [1.807, 2.05) is 27.0 Å². The maximum absolute atomic E-state index is 11.7. The van der Waals surface area contributed by atoms with Crippen LogP contribution in [-0.2, 0) is 4.74 Å². The van der Waals surface area contributed by atoms with Crippen molar-refractivity contribution in [3.8, 4) is 0 Å². The van der Waals surface area contributed by atoms with Gasteiger partial charge >= 0.3 is 5.97 Å². The summed E-state index contributed by atoms with van der Waals surface area (Å²) in [7, 11) is 0. The zero-order valence-electron chi connectivity index (χ0n) is 10.1. The van der Waals surface area contributed by atoms with E-state index in [1.165, 1.54) is 0 Å². The number of H-pyrrole nitrogens is 1. The number of hydrogen-bond donors (Lipinski definition) is 1. The van der Waals surface area contributed by atoms with Gasteiger partial charge in [0.2, 0.25) is 0 Å². The standard InChI is InChI=1S/C11H18N2O2S/c1-7(2)9-5-10(13-12-9)11(14)15-8(3)6-16-4/h5,7-8H,6H2,1-4H3,(H,12,13). The van der Waals surface area contributed by atoms with Crippen LogP contribution in [0.5, 0.6) is 0 Å². The Morgan fingerprint density at radius 2 is 2.25 bits per heavy atom. The highest BCUT2D eigenvalue weighted by Gasteiger charge is 2.15. The third-order valence-electron chi connectivity index (χ3n) is 2.14. The van der Waals surface area contributed by atoms with Gasteiger partial charge in [0.1, 0.15) is 6.10 Å². The number of hydrogen-bond acceptors (Lipinski definition) is 4. The Kier molecular flexibility index (Phi) is 4.86. The van der Waals surface area contributed by atoms with Crippen LogP contribution in [0.2, 0.25) is 0 Å². The average Bonchev–Trinajstić information content (AvgIpc) is 2.66. The molecule has 1 N–H and O–H groups in total. The number of esters is 1. The first-order chi connectivity index (χ1) is 7.54. The maximum Gasteiger partial charge on any atom is 0.359 e. The fourth-order valence-corrected chi connectivity index (χ4v) is 1.79. The van der Waals surface area contributed by atoms with Crippen LogP contribution >= 0.6 is 11.8 Å². The number of nitrogens with zero attached hydrogens (tertiary/aromatic N) is 1. The van der Waals surface area contributed by atoms with Gasteiger partial charge in [0.15, 0.2) is 5.69 Å². The van der Waals surface area contributed by atoms with E-state index in [9.17, 15) is 4.79 Å². The molecule has 1 heterocycles. The average molecular weight is 242 g/mol. The molecule has 0 aliphatic heterocycles. The van der Waals surface area contributed by atoms with Crippen molar-refractivity contribution in [3.05, 3.63) is 17.5 Å². The van der Waals surface area contributed by atoms with Gasteiger partial charge in [-0.1, -0.05) is 13.8 Å². The lowest BCUT2D eigenvalue weighted by Gasteiger charge is -2.09. The number of carbonyl (C=O) groups excluding carboxylic acids is 1. The molecule has 1 unspecified atom stereocenters. The molecule has 0 saturated carbocycles. The van der Waals surface area contributed by atoms with Crippen molar-refractivity contribution in [2.75, 3.05) is 12.0 Å². The monoisotopic (exact) mass is 242 g/mol. The van der Waals surface area contributed by atoms with E-state index < -0.39 is 0 Å². The van der Waals surface area contributed by atoms with E-state index in [4.69, 9.17) is 4.74 Å². The molecule has 0 bridgehead atoms. The number of aromatic amines is 1. The van der Waals surface area contributed by atoms with Gasteiger partial charge in [0.05, 0.1) is 0 Å². The number of rotatable bonds is 5. The van der Waals surface area contributed by atoms with Gasteiger partial charge in [0.25, 0.3) is 0 Å². The van der Waals surface area contributed by atoms with E-state index in [-0.39, 0.29) is 12.1 Å². The summed E-state index contributed by atoms with van der Waals surface area (Å²) in [5.74, 6) is 0.773. The molecule has 0 saturated heterocycles. The Bertz CT molecular complexity index is 350. The van der Waals surface area contributed by atoms with Gasteiger partial charge in [0, 0.05) is 11.4 Å². The van der Waals surface area contributed by atoms with Gasteiger partial charge < -0.3 is 4.74 Å². The Morgan fingerprint density at radius 1 is 1.56 bits per heavy atom. The summed E-state index contributed by atoms with van der Waals surface area (Å²) in [5.41, 5.74) is 1.31. The van der Waals surface area contributed by atoms with Gasteiger partial charge in [-0.3, -0.25) is 5.10 Å². The summed E-state index contributed by atoms with van der Waals surface area (Å²) in [5, 5.41) is 6.78. The topological polar surface area (TPSA) is 55.0 Å². The summed E-state index contributed by atoms with van der Waals surface area (Å²) in [6.45, 7) is 5.96. The van der Waals surface area contributed by atoms with Crippen molar-refractivity contribution >= 4 is 17.7 Å². The quantitative estimate of drug-likeness (QED) is 0.806. The predicted molar refractivity (Wildman–Crippen MR) is 65.9 cm³/mol. The normalized spacial score (nSPS) is 12.8. The second kappa shape index (κ2) is 5.94. The molecular weight excluding hydrogens is 224 g/mol. The highest BCUT2D eigenvalue weighted by Crippen LogP contribution is 2.13. The molecule has 1 rings (SSSR count). The number of thioether (sulfide) groups is 1. The minimum atomic E-state index is -0.357. The molecule has 0 aliphatic carbocycles. The zero-order chi connectivity index (χ0) is 12.1. The number of carbonyl (C=O) groups is 1. The van der Waals surface area contributed by atoms with Crippen LogP contribution in [-0.4, -0.2) is 34.3 Å². The Hall–Kier alpha value is -0.970. The van der Waals surface area contributed by atoms with Crippen LogP contribution in [0, 0.1) is 0 Å². The molecule has 4 nitrogen and oxygen atoms in total. The van der Waals surface area contributed by atoms with E-state index in [2.05, 4.69) is 10.2 Å². The number of ether oxygens (including phenoxy) is 1. The van der Waals surface area contributed by atoms with Crippen LogP contribution in [0.4, 0.5) is 0 Å².